The first-order valence-corrected chi connectivity index (χ1v) is 15.2. The Kier molecular flexibility index (Phi) is 10.3. The van der Waals surface area contributed by atoms with Crippen molar-refractivity contribution < 1.29 is 14.3 Å². The number of nitrogens with one attached hydrogen (secondary N) is 3. The number of benzene rings is 3. The van der Waals surface area contributed by atoms with Crippen LogP contribution in [0, 0.1) is 5.92 Å². The van der Waals surface area contributed by atoms with Crippen LogP contribution in [0.3, 0.4) is 0 Å². The fraction of sp³-hybridized carbons (Fsp3) is 0.375. The maximum atomic E-state index is 13.5. The number of morpholine rings is 1. The maximum Gasteiger partial charge on any atom is 0.323 e. The van der Waals surface area contributed by atoms with Gasteiger partial charge in [-0.2, -0.15) is 0 Å². The van der Waals surface area contributed by atoms with E-state index in [0.717, 1.165) is 75.4 Å². The van der Waals surface area contributed by atoms with Gasteiger partial charge in [-0.05, 0) is 67.1 Å². The molecule has 0 spiro atoms. The van der Waals surface area contributed by atoms with Crippen LogP contribution in [0.5, 0.6) is 0 Å². The van der Waals surface area contributed by atoms with Crippen molar-refractivity contribution in [3.63, 3.8) is 0 Å². The van der Waals surface area contributed by atoms with Crippen molar-refractivity contribution in [2.45, 2.75) is 19.3 Å². The summed E-state index contributed by atoms with van der Waals surface area (Å²) >= 11 is 3.43. The lowest BCUT2D eigenvalue weighted by atomic mass is 9.89. The Balaban J connectivity index is 1.26. The first kappa shape index (κ1) is 29.1. The number of carbonyl (C=O) groups excluding carboxylic acids is 2. The molecular weight excluding hydrogens is 582 g/mol. The highest BCUT2D eigenvalue weighted by Gasteiger charge is 2.24. The molecule has 3 aromatic carbocycles. The van der Waals surface area contributed by atoms with Gasteiger partial charge in [0.2, 0.25) is 0 Å². The van der Waals surface area contributed by atoms with Gasteiger partial charge in [-0.3, -0.25) is 9.69 Å². The average molecular weight is 621 g/mol. The topological polar surface area (TPSA) is 85.9 Å². The van der Waals surface area contributed by atoms with Gasteiger partial charge in [0.15, 0.2) is 0 Å². The highest BCUT2D eigenvalue weighted by atomic mass is 79.9. The minimum atomic E-state index is -0.365. The van der Waals surface area contributed by atoms with Crippen molar-refractivity contribution in [3.8, 4) is 0 Å². The lowest BCUT2D eigenvalue weighted by Crippen LogP contribution is -2.41. The molecule has 5 rings (SSSR count). The number of hydrogen-bond donors (Lipinski definition) is 3. The van der Waals surface area contributed by atoms with Gasteiger partial charge in [0.25, 0.3) is 5.91 Å². The van der Waals surface area contributed by atoms with Gasteiger partial charge in [0.1, 0.15) is 0 Å². The summed E-state index contributed by atoms with van der Waals surface area (Å²) in [6.45, 7) is 6.34. The molecule has 2 saturated heterocycles. The Bertz CT molecular complexity index is 1310. The molecule has 216 valence electrons. The minimum absolute atomic E-state index is 0.129. The number of ether oxygens (including phenoxy) is 1. The molecule has 0 aliphatic carbocycles. The second-order valence-electron chi connectivity index (χ2n) is 10.7. The molecule has 41 heavy (non-hydrogen) atoms. The third-order valence-electron chi connectivity index (χ3n) is 7.72. The SMILES string of the molecule is O=C(Nc1cccc(Br)c1)Nc1ccc(N2CCC(Cc3ccccc3)CC2)c(C(=O)NCCN2CCOCC2)c1. The zero-order valence-electron chi connectivity index (χ0n) is 23.3. The van der Waals surface area contributed by atoms with Gasteiger partial charge in [0, 0.05) is 60.8 Å². The van der Waals surface area contributed by atoms with E-state index in [2.05, 4.69) is 72.0 Å². The standard InChI is InChI=1S/C32H38BrN5O3/c33-26-7-4-8-27(22-26)35-32(40)36-28-9-10-30(29(23-28)31(39)34-13-16-37-17-19-41-20-18-37)38-14-11-25(12-15-38)21-24-5-2-1-3-6-24/h1-10,22-23,25H,11-21H2,(H,34,39)(H2,35,36,40). The van der Waals surface area contributed by atoms with Crippen LogP contribution in [0.1, 0.15) is 28.8 Å². The normalized spacial score (nSPS) is 16.3. The number of urea groups is 1. The molecule has 0 aromatic heterocycles. The number of anilines is 3. The Morgan fingerprint density at radius 1 is 0.854 bits per heavy atom. The van der Waals surface area contributed by atoms with E-state index in [1.165, 1.54) is 5.56 Å². The van der Waals surface area contributed by atoms with E-state index in [4.69, 9.17) is 4.74 Å². The van der Waals surface area contributed by atoms with Crippen LogP contribution in [0.2, 0.25) is 0 Å². The molecule has 2 aliphatic heterocycles. The van der Waals surface area contributed by atoms with Gasteiger partial charge < -0.3 is 25.6 Å². The number of rotatable bonds is 9. The van der Waals surface area contributed by atoms with Gasteiger partial charge in [-0.25, -0.2) is 4.79 Å². The lowest BCUT2D eigenvalue weighted by molar-refractivity contribution is 0.0383. The van der Waals surface area contributed by atoms with E-state index >= 15 is 0 Å². The third kappa shape index (κ3) is 8.55. The maximum absolute atomic E-state index is 13.5. The summed E-state index contributed by atoms with van der Waals surface area (Å²) in [6, 6.07) is 23.3. The zero-order valence-corrected chi connectivity index (χ0v) is 24.9. The molecule has 9 heteroatoms. The molecule has 2 heterocycles. The lowest BCUT2D eigenvalue weighted by Gasteiger charge is -2.35. The molecular formula is C32H38BrN5O3. The molecule has 0 radical (unpaired) electrons. The molecule has 0 unspecified atom stereocenters. The largest absolute Gasteiger partial charge is 0.379 e. The fourth-order valence-corrected chi connectivity index (χ4v) is 5.90. The number of carbonyl (C=O) groups is 2. The van der Waals surface area contributed by atoms with E-state index in [0.29, 0.717) is 29.4 Å². The predicted molar refractivity (Wildman–Crippen MR) is 168 cm³/mol. The summed E-state index contributed by atoms with van der Waals surface area (Å²) in [5.41, 5.74) is 4.10. The van der Waals surface area contributed by atoms with E-state index in [1.54, 1.807) is 6.07 Å². The van der Waals surface area contributed by atoms with Crippen molar-refractivity contribution in [1.82, 2.24) is 10.2 Å². The van der Waals surface area contributed by atoms with E-state index in [1.807, 2.05) is 36.4 Å². The van der Waals surface area contributed by atoms with Gasteiger partial charge in [0.05, 0.1) is 18.8 Å². The second kappa shape index (κ2) is 14.5. The number of halogens is 1. The minimum Gasteiger partial charge on any atom is -0.379 e. The highest BCUT2D eigenvalue weighted by Crippen LogP contribution is 2.30. The first-order chi connectivity index (χ1) is 20.0. The summed E-state index contributed by atoms with van der Waals surface area (Å²) in [7, 11) is 0. The number of nitrogens with zero attached hydrogens (tertiary/aromatic N) is 2. The summed E-state index contributed by atoms with van der Waals surface area (Å²) < 4.78 is 6.31. The number of amides is 3. The summed E-state index contributed by atoms with van der Waals surface area (Å²) in [5.74, 6) is 0.498. The molecule has 2 fully saturated rings. The predicted octanol–water partition coefficient (Wildman–Crippen LogP) is 5.61. The van der Waals surface area contributed by atoms with Crippen molar-refractivity contribution in [1.29, 1.82) is 0 Å². The quantitative estimate of drug-likeness (QED) is 0.290. The smallest absolute Gasteiger partial charge is 0.323 e. The van der Waals surface area contributed by atoms with E-state index in [-0.39, 0.29) is 11.9 Å². The Labute approximate surface area is 250 Å². The van der Waals surface area contributed by atoms with Crippen LogP contribution < -0.4 is 20.9 Å². The first-order valence-electron chi connectivity index (χ1n) is 14.4. The molecule has 3 aromatic rings. The van der Waals surface area contributed by atoms with E-state index < -0.39 is 0 Å². The molecule has 3 amide bonds. The molecule has 3 N–H and O–H groups in total. The van der Waals surface area contributed by atoms with E-state index in [9.17, 15) is 9.59 Å². The van der Waals surface area contributed by atoms with Crippen LogP contribution in [-0.2, 0) is 11.2 Å². The summed E-state index contributed by atoms with van der Waals surface area (Å²) in [6.07, 6.45) is 3.23. The monoisotopic (exact) mass is 619 g/mol. The van der Waals surface area contributed by atoms with Crippen LogP contribution >= 0.6 is 15.9 Å². The average Bonchev–Trinajstić information content (AvgIpc) is 2.98. The Hall–Kier alpha value is -3.40. The van der Waals surface area contributed by atoms with Crippen molar-refractivity contribution >= 4 is 44.9 Å². The molecule has 0 saturated carbocycles. The Morgan fingerprint density at radius 2 is 1.59 bits per heavy atom. The second-order valence-corrected chi connectivity index (χ2v) is 11.6. The summed E-state index contributed by atoms with van der Waals surface area (Å²) in [4.78, 5) is 30.8. The fourth-order valence-electron chi connectivity index (χ4n) is 5.50. The van der Waals surface area contributed by atoms with Gasteiger partial charge in [-0.1, -0.05) is 52.3 Å². The van der Waals surface area contributed by atoms with Crippen molar-refractivity contribution in [2.24, 2.45) is 5.92 Å². The van der Waals surface area contributed by atoms with Gasteiger partial charge in [-0.15, -0.1) is 0 Å². The van der Waals surface area contributed by atoms with Crippen LogP contribution in [0.25, 0.3) is 0 Å². The molecule has 8 nitrogen and oxygen atoms in total. The number of hydrogen-bond acceptors (Lipinski definition) is 5. The summed E-state index contributed by atoms with van der Waals surface area (Å²) in [5, 5.41) is 8.85. The highest BCUT2D eigenvalue weighted by molar-refractivity contribution is 9.10. The third-order valence-corrected chi connectivity index (χ3v) is 8.21. The van der Waals surface area contributed by atoms with Gasteiger partial charge >= 0.3 is 6.03 Å². The van der Waals surface area contributed by atoms with Crippen LogP contribution in [0.15, 0.2) is 77.3 Å². The van der Waals surface area contributed by atoms with Crippen molar-refractivity contribution in [3.05, 3.63) is 88.4 Å². The number of piperidine rings is 1. The van der Waals surface area contributed by atoms with Crippen LogP contribution in [0.4, 0.5) is 21.9 Å². The molecule has 2 aliphatic rings. The van der Waals surface area contributed by atoms with Crippen molar-refractivity contribution in [2.75, 3.05) is 68.0 Å². The molecule has 0 bridgehead atoms. The molecule has 0 atom stereocenters. The zero-order chi connectivity index (χ0) is 28.4. The van der Waals surface area contributed by atoms with Crippen LogP contribution in [-0.4, -0.2) is 69.3 Å². The Morgan fingerprint density at radius 3 is 2.32 bits per heavy atom.